The number of benzene rings is 1. The van der Waals surface area contributed by atoms with Crippen LogP contribution in [0, 0.1) is 5.92 Å². The summed E-state index contributed by atoms with van der Waals surface area (Å²) < 4.78 is 0. The second-order valence-electron chi connectivity index (χ2n) is 5.33. The molecular formula is C15H23ClN2. The van der Waals surface area contributed by atoms with Gasteiger partial charge in [0.2, 0.25) is 0 Å². The van der Waals surface area contributed by atoms with E-state index in [1.807, 2.05) is 18.2 Å². The highest BCUT2D eigenvalue weighted by Gasteiger charge is 2.18. The third kappa shape index (κ3) is 4.18. The van der Waals surface area contributed by atoms with Gasteiger partial charge in [0.05, 0.1) is 0 Å². The van der Waals surface area contributed by atoms with Crippen molar-refractivity contribution in [1.82, 2.24) is 0 Å². The van der Waals surface area contributed by atoms with Gasteiger partial charge < -0.3 is 11.1 Å². The van der Waals surface area contributed by atoms with Crippen LogP contribution in [0.15, 0.2) is 24.3 Å². The van der Waals surface area contributed by atoms with E-state index in [9.17, 15) is 0 Å². The molecule has 0 radical (unpaired) electrons. The lowest BCUT2D eigenvalue weighted by atomic mass is 9.85. The van der Waals surface area contributed by atoms with Crippen molar-refractivity contribution in [1.29, 1.82) is 0 Å². The first kappa shape index (κ1) is 13.7. The highest BCUT2D eigenvalue weighted by atomic mass is 35.5. The molecule has 1 unspecified atom stereocenters. The molecule has 0 heterocycles. The molecule has 1 fully saturated rings. The van der Waals surface area contributed by atoms with Crippen molar-refractivity contribution < 1.29 is 0 Å². The Balaban J connectivity index is 1.88. The third-order valence-electron chi connectivity index (χ3n) is 3.82. The highest BCUT2D eigenvalue weighted by Crippen LogP contribution is 2.28. The third-order valence-corrected chi connectivity index (χ3v) is 4.06. The van der Waals surface area contributed by atoms with Gasteiger partial charge in [-0.25, -0.2) is 0 Å². The summed E-state index contributed by atoms with van der Waals surface area (Å²) in [5.41, 5.74) is 6.96. The van der Waals surface area contributed by atoms with Crippen molar-refractivity contribution in [2.75, 3.05) is 11.9 Å². The van der Waals surface area contributed by atoms with E-state index in [4.69, 9.17) is 17.3 Å². The summed E-state index contributed by atoms with van der Waals surface area (Å²) in [4.78, 5) is 0. The number of anilines is 1. The van der Waals surface area contributed by atoms with Crippen molar-refractivity contribution >= 4 is 17.3 Å². The van der Waals surface area contributed by atoms with Gasteiger partial charge in [-0.2, -0.15) is 0 Å². The van der Waals surface area contributed by atoms with Crippen molar-refractivity contribution in [3.63, 3.8) is 0 Å². The van der Waals surface area contributed by atoms with Crippen molar-refractivity contribution in [2.24, 2.45) is 11.7 Å². The summed E-state index contributed by atoms with van der Waals surface area (Å²) in [6.45, 7) is 0.684. The minimum atomic E-state index is 0.367. The van der Waals surface area contributed by atoms with E-state index in [1.165, 1.54) is 38.5 Å². The van der Waals surface area contributed by atoms with Gasteiger partial charge in [0.15, 0.2) is 0 Å². The van der Waals surface area contributed by atoms with Crippen molar-refractivity contribution in [3.8, 4) is 0 Å². The Morgan fingerprint density at radius 2 is 2.06 bits per heavy atom. The van der Waals surface area contributed by atoms with Crippen LogP contribution in [0.4, 0.5) is 5.69 Å². The molecule has 1 aliphatic rings. The number of hydrogen-bond acceptors (Lipinski definition) is 2. The summed E-state index contributed by atoms with van der Waals surface area (Å²) >= 11 is 5.99. The molecule has 3 heteroatoms. The van der Waals surface area contributed by atoms with Gasteiger partial charge in [-0.1, -0.05) is 49.8 Å². The smallest absolute Gasteiger partial charge is 0.0426 e. The fraction of sp³-hybridized carbons (Fsp3) is 0.600. The lowest BCUT2D eigenvalue weighted by Gasteiger charge is -2.27. The van der Waals surface area contributed by atoms with E-state index in [0.29, 0.717) is 12.6 Å². The first-order valence-electron chi connectivity index (χ1n) is 7.00. The van der Waals surface area contributed by atoms with Crippen LogP contribution in [0.3, 0.4) is 0 Å². The molecular weight excluding hydrogens is 244 g/mol. The van der Waals surface area contributed by atoms with Crippen LogP contribution in [0.2, 0.25) is 5.02 Å². The Bertz CT molecular complexity index is 361. The monoisotopic (exact) mass is 266 g/mol. The second kappa shape index (κ2) is 7.01. The Labute approximate surface area is 115 Å². The largest absolute Gasteiger partial charge is 0.381 e. The molecule has 1 aromatic rings. The highest BCUT2D eigenvalue weighted by molar-refractivity contribution is 6.30. The molecule has 100 valence electrons. The maximum atomic E-state index is 5.99. The van der Waals surface area contributed by atoms with Gasteiger partial charge in [0.1, 0.15) is 0 Å². The predicted molar refractivity (Wildman–Crippen MR) is 79.1 cm³/mol. The summed E-state index contributed by atoms with van der Waals surface area (Å²) in [5.74, 6) is 0.846. The van der Waals surface area contributed by atoms with Crippen LogP contribution in [0.25, 0.3) is 0 Å². The van der Waals surface area contributed by atoms with Crippen molar-refractivity contribution in [2.45, 2.75) is 44.6 Å². The fourth-order valence-corrected chi connectivity index (χ4v) is 3.04. The van der Waals surface area contributed by atoms with Crippen LogP contribution in [-0.4, -0.2) is 12.6 Å². The van der Waals surface area contributed by atoms with E-state index in [2.05, 4.69) is 11.4 Å². The fourth-order valence-electron chi connectivity index (χ4n) is 2.85. The maximum absolute atomic E-state index is 5.99. The minimum Gasteiger partial charge on any atom is -0.381 e. The molecule has 2 rings (SSSR count). The Kier molecular flexibility index (Phi) is 5.33. The molecule has 0 amide bonds. The maximum Gasteiger partial charge on any atom is 0.0426 e. The first-order chi connectivity index (χ1) is 8.78. The van der Waals surface area contributed by atoms with E-state index >= 15 is 0 Å². The molecule has 1 saturated carbocycles. The van der Waals surface area contributed by atoms with Crippen LogP contribution >= 0.6 is 11.6 Å². The molecule has 0 aromatic heterocycles. The number of nitrogens with one attached hydrogen (secondary N) is 1. The average molecular weight is 267 g/mol. The Hall–Kier alpha value is -0.730. The molecule has 18 heavy (non-hydrogen) atoms. The SMILES string of the molecule is NCC(CC1CCCCC1)Nc1cccc(Cl)c1. The van der Waals surface area contributed by atoms with Crippen molar-refractivity contribution in [3.05, 3.63) is 29.3 Å². The predicted octanol–water partition coefficient (Wildman–Crippen LogP) is 4.05. The van der Waals surface area contributed by atoms with E-state index in [1.54, 1.807) is 0 Å². The van der Waals surface area contributed by atoms with E-state index < -0.39 is 0 Å². The molecule has 0 spiro atoms. The van der Waals surface area contributed by atoms with Gasteiger partial charge in [0, 0.05) is 23.3 Å². The number of nitrogens with two attached hydrogens (primary N) is 1. The topological polar surface area (TPSA) is 38.0 Å². The Morgan fingerprint density at radius 1 is 1.28 bits per heavy atom. The summed E-state index contributed by atoms with van der Waals surface area (Å²) in [6.07, 6.45) is 8.11. The standard InChI is InChI=1S/C15H23ClN2/c16-13-7-4-8-14(10-13)18-15(11-17)9-12-5-2-1-3-6-12/h4,7-8,10,12,15,18H,1-3,5-6,9,11,17H2. The molecule has 1 aromatic carbocycles. The quantitative estimate of drug-likeness (QED) is 0.844. The van der Waals surface area contributed by atoms with Crippen LogP contribution in [0.5, 0.6) is 0 Å². The second-order valence-corrected chi connectivity index (χ2v) is 5.76. The molecule has 0 aliphatic heterocycles. The molecule has 1 atom stereocenters. The average Bonchev–Trinajstić information content (AvgIpc) is 2.39. The zero-order valence-corrected chi connectivity index (χ0v) is 11.6. The Morgan fingerprint density at radius 3 is 2.72 bits per heavy atom. The van der Waals surface area contributed by atoms with Gasteiger partial charge in [0.25, 0.3) is 0 Å². The summed E-state index contributed by atoms with van der Waals surface area (Å²) in [5, 5.41) is 4.28. The number of hydrogen-bond donors (Lipinski definition) is 2. The number of rotatable bonds is 5. The minimum absolute atomic E-state index is 0.367. The molecule has 2 nitrogen and oxygen atoms in total. The summed E-state index contributed by atoms with van der Waals surface area (Å²) in [6, 6.07) is 8.25. The zero-order chi connectivity index (χ0) is 12.8. The van der Waals surface area contributed by atoms with Crippen LogP contribution < -0.4 is 11.1 Å². The van der Waals surface area contributed by atoms with Crippen LogP contribution in [-0.2, 0) is 0 Å². The summed E-state index contributed by atoms with van der Waals surface area (Å²) in [7, 11) is 0. The molecule has 0 saturated heterocycles. The van der Waals surface area contributed by atoms with E-state index in [0.717, 1.165) is 16.6 Å². The van der Waals surface area contributed by atoms with Gasteiger partial charge >= 0.3 is 0 Å². The zero-order valence-electron chi connectivity index (χ0n) is 10.9. The number of halogens is 1. The first-order valence-corrected chi connectivity index (χ1v) is 7.38. The lowest BCUT2D eigenvalue weighted by Crippen LogP contribution is -2.31. The van der Waals surface area contributed by atoms with Crippen LogP contribution in [0.1, 0.15) is 38.5 Å². The van der Waals surface area contributed by atoms with Gasteiger partial charge in [-0.15, -0.1) is 0 Å². The van der Waals surface area contributed by atoms with E-state index in [-0.39, 0.29) is 0 Å². The lowest BCUT2D eigenvalue weighted by molar-refractivity contribution is 0.324. The van der Waals surface area contributed by atoms with Gasteiger partial charge in [-0.3, -0.25) is 0 Å². The molecule has 0 bridgehead atoms. The van der Waals surface area contributed by atoms with Gasteiger partial charge in [-0.05, 0) is 30.5 Å². The molecule has 3 N–H and O–H groups in total. The normalized spacial score (nSPS) is 18.6. The molecule has 1 aliphatic carbocycles.